The molecule has 0 aliphatic carbocycles. The summed E-state index contributed by atoms with van der Waals surface area (Å²) in [6.45, 7) is 1.73. The molecular weight excluding hydrogens is 245 g/mol. The van der Waals surface area contributed by atoms with Gasteiger partial charge in [-0.1, -0.05) is 6.07 Å². The molecule has 0 aliphatic rings. The topological polar surface area (TPSA) is 71.3 Å². The second kappa shape index (κ2) is 5.79. The fourth-order valence-electron chi connectivity index (χ4n) is 0.864. The van der Waals surface area contributed by atoms with Gasteiger partial charge in [-0.15, -0.1) is 0 Å². The number of nitro groups is 1. The summed E-state index contributed by atoms with van der Waals surface area (Å²) in [6.07, 6.45) is 0. The van der Waals surface area contributed by atoms with Gasteiger partial charge in [0.1, 0.15) is 0 Å². The number of hydrogen-bond acceptors (Lipinski definition) is 3. The largest absolute Gasteiger partial charge is 0.673 e. The number of nitro benzene ring substituents is 1. The van der Waals surface area contributed by atoms with Crippen molar-refractivity contribution in [1.82, 2.24) is 0 Å². The van der Waals surface area contributed by atoms with Gasteiger partial charge in [-0.05, 0) is 12.5 Å². The van der Waals surface area contributed by atoms with Crippen molar-refractivity contribution < 1.29 is 22.2 Å². The van der Waals surface area contributed by atoms with Crippen molar-refractivity contribution >= 4 is 18.6 Å². The van der Waals surface area contributed by atoms with Crippen LogP contribution in [0.5, 0.6) is 0 Å². The van der Waals surface area contributed by atoms with Crippen molar-refractivity contribution in [3.05, 3.63) is 38.9 Å². The first-order valence-electron chi connectivity index (χ1n) is 4.12. The van der Waals surface area contributed by atoms with E-state index in [2.05, 4.69) is 4.98 Å². The van der Waals surface area contributed by atoms with Crippen molar-refractivity contribution in [2.24, 2.45) is 0 Å². The van der Waals surface area contributed by atoms with Crippen LogP contribution in [0.4, 0.5) is 28.6 Å². The Balaban J connectivity index is 0.000000437. The molecule has 17 heavy (non-hydrogen) atoms. The molecule has 0 N–H and O–H groups in total. The molecule has 1 rings (SSSR count). The summed E-state index contributed by atoms with van der Waals surface area (Å²) in [5.41, 5.74) is 0.553. The first kappa shape index (κ1) is 14.8. The van der Waals surface area contributed by atoms with Crippen molar-refractivity contribution in [1.29, 1.82) is 5.39 Å². The smallest absolute Gasteiger partial charge is 0.418 e. The van der Waals surface area contributed by atoms with Crippen molar-refractivity contribution in [2.45, 2.75) is 6.92 Å². The van der Waals surface area contributed by atoms with E-state index in [9.17, 15) is 27.4 Å². The molecule has 0 saturated carbocycles. The highest BCUT2D eigenvalue weighted by molar-refractivity contribution is 6.50. The van der Waals surface area contributed by atoms with Crippen LogP contribution in [0.25, 0.3) is 4.98 Å². The third-order valence-corrected chi connectivity index (χ3v) is 1.44. The highest BCUT2D eigenvalue weighted by atomic mass is 19.5. The molecule has 0 saturated heterocycles. The SMILES string of the molecule is Cc1ccc([N+]#N)c([N+](=O)[O-])c1.F[B-](F)(F)F. The maximum Gasteiger partial charge on any atom is 0.673 e. The molecule has 0 atom stereocenters. The zero-order valence-electron chi connectivity index (χ0n) is 8.48. The molecule has 5 nitrogen and oxygen atoms in total. The second-order valence-corrected chi connectivity index (χ2v) is 2.84. The van der Waals surface area contributed by atoms with E-state index < -0.39 is 12.2 Å². The minimum Gasteiger partial charge on any atom is -0.418 e. The molecule has 1 aromatic rings. The summed E-state index contributed by atoms with van der Waals surface area (Å²) in [7, 11) is -6.00. The molecule has 0 radical (unpaired) electrons. The molecule has 0 spiro atoms. The molecule has 0 bridgehead atoms. The van der Waals surface area contributed by atoms with Crippen molar-refractivity contribution in [3.8, 4) is 0 Å². The van der Waals surface area contributed by atoms with Crippen LogP contribution in [-0.4, -0.2) is 12.2 Å². The first-order chi connectivity index (χ1) is 7.65. The zero-order valence-corrected chi connectivity index (χ0v) is 8.48. The van der Waals surface area contributed by atoms with Crippen LogP contribution < -0.4 is 0 Å². The standard InChI is InChI=1S/C7H6N3O2.BF4/c1-5-2-3-6(9-8)7(4-5)10(11)12;2-1(3,4)5/h2-4H,1H3;/q+1;-1. The summed E-state index contributed by atoms with van der Waals surface area (Å²) < 4.78 is 39.0. The van der Waals surface area contributed by atoms with E-state index >= 15 is 0 Å². The van der Waals surface area contributed by atoms with Gasteiger partial charge in [0.2, 0.25) is 5.39 Å². The van der Waals surface area contributed by atoms with E-state index in [4.69, 9.17) is 5.39 Å². The predicted octanol–water partition coefficient (Wildman–Crippen LogP) is 3.69. The van der Waals surface area contributed by atoms with E-state index in [1.54, 1.807) is 13.0 Å². The third-order valence-electron chi connectivity index (χ3n) is 1.44. The van der Waals surface area contributed by atoms with Gasteiger partial charge in [0.25, 0.3) is 0 Å². The Morgan fingerprint density at radius 2 is 1.82 bits per heavy atom. The molecule has 0 heterocycles. The summed E-state index contributed by atoms with van der Waals surface area (Å²) >= 11 is 0. The van der Waals surface area contributed by atoms with E-state index in [1.165, 1.54) is 12.1 Å². The number of benzene rings is 1. The zero-order chi connectivity index (χ0) is 13.6. The van der Waals surface area contributed by atoms with Gasteiger partial charge in [0, 0.05) is 12.1 Å². The van der Waals surface area contributed by atoms with E-state index in [0.717, 1.165) is 5.56 Å². The Hall–Kier alpha value is -2.18. The molecular formula is C7H6BF4N3O2. The number of nitrogens with zero attached hydrogens (tertiary/aromatic N) is 3. The van der Waals surface area contributed by atoms with Crippen LogP contribution in [0.1, 0.15) is 5.56 Å². The van der Waals surface area contributed by atoms with Crippen LogP contribution in [0.15, 0.2) is 18.2 Å². The lowest BCUT2D eigenvalue weighted by molar-refractivity contribution is -0.383. The van der Waals surface area contributed by atoms with Gasteiger partial charge in [0.05, 0.1) is 4.92 Å². The predicted molar refractivity (Wildman–Crippen MR) is 52.8 cm³/mol. The monoisotopic (exact) mass is 251 g/mol. The third kappa shape index (κ3) is 6.83. The molecule has 0 unspecified atom stereocenters. The Morgan fingerprint density at radius 3 is 2.18 bits per heavy atom. The fourth-order valence-corrected chi connectivity index (χ4v) is 0.864. The molecule has 10 heteroatoms. The Labute approximate surface area is 92.9 Å². The quantitative estimate of drug-likeness (QED) is 0.251. The maximum atomic E-state index is 10.4. The number of hydrogen-bond donors (Lipinski definition) is 0. The second-order valence-electron chi connectivity index (χ2n) is 2.84. The van der Waals surface area contributed by atoms with Crippen LogP contribution in [0.2, 0.25) is 0 Å². The molecule has 92 valence electrons. The van der Waals surface area contributed by atoms with Gasteiger partial charge in [-0.2, -0.15) is 0 Å². The highest BCUT2D eigenvalue weighted by Gasteiger charge is 2.23. The van der Waals surface area contributed by atoms with Crippen LogP contribution >= 0.6 is 0 Å². The molecule has 0 amide bonds. The Bertz CT molecular complexity index is 451. The van der Waals surface area contributed by atoms with Gasteiger partial charge in [0.15, 0.2) is 4.98 Å². The van der Waals surface area contributed by atoms with E-state index in [-0.39, 0.29) is 11.4 Å². The molecule has 0 aromatic heterocycles. The Kier molecular flexibility index (Phi) is 5.05. The highest BCUT2D eigenvalue weighted by Crippen LogP contribution is 2.27. The van der Waals surface area contributed by atoms with Crippen LogP contribution in [0.3, 0.4) is 0 Å². The van der Waals surface area contributed by atoms with Crippen molar-refractivity contribution in [2.75, 3.05) is 0 Å². The van der Waals surface area contributed by atoms with Gasteiger partial charge < -0.3 is 17.3 Å². The summed E-state index contributed by atoms with van der Waals surface area (Å²) in [5.74, 6) is 0. The average molecular weight is 251 g/mol. The number of aryl methyl sites for hydroxylation is 1. The molecule has 1 aromatic carbocycles. The Morgan fingerprint density at radius 1 is 1.35 bits per heavy atom. The normalized spacial score (nSPS) is 9.88. The lowest BCUT2D eigenvalue weighted by Gasteiger charge is -1.94. The van der Waals surface area contributed by atoms with Gasteiger partial charge in [-0.3, -0.25) is 10.1 Å². The fraction of sp³-hybridized carbons (Fsp3) is 0.143. The van der Waals surface area contributed by atoms with E-state index in [0.29, 0.717) is 0 Å². The van der Waals surface area contributed by atoms with Gasteiger partial charge in [-0.25, -0.2) is 0 Å². The number of diazo groups is 1. The molecule has 0 aliphatic heterocycles. The summed E-state index contributed by atoms with van der Waals surface area (Å²) in [5, 5.41) is 18.7. The van der Waals surface area contributed by atoms with E-state index in [1.807, 2.05) is 0 Å². The molecule has 0 fully saturated rings. The summed E-state index contributed by atoms with van der Waals surface area (Å²) in [6, 6.07) is 4.39. The maximum absolute atomic E-state index is 10.4. The average Bonchev–Trinajstić information content (AvgIpc) is 2.15. The van der Waals surface area contributed by atoms with Crippen molar-refractivity contribution in [3.63, 3.8) is 0 Å². The van der Waals surface area contributed by atoms with Crippen LogP contribution in [-0.2, 0) is 0 Å². The first-order valence-corrected chi connectivity index (χ1v) is 4.12. The summed E-state index contributed by atoms with van der Waals surface area (Å²) in [4.78, 5) is 12.6. The van der Waals surface area contributed by atoms with Gasteiger partial charge >= 0.3 is 18.6 Å². The number of rotatable bonds is 1. The minimum absolute atomic E-state index is 0.0226. The lowest BCUT2D eigenvalue weighted by atomic mass is 10.2. The minimum atomic E-state index is -6.00. The number of halogens is 4. The van der Waals surface area contributed by atoms with Crippen LogP contribution in [0, 0.1) is 22.4 Å². The lowest BCUT2D eigenvalue weighted by Crippen LogP contribution is -2.02.